The molecule has 0 spiro atoms. The van der Waals surface area contributed by atoms with Crippen LogP contribution >= 0.6 is 11.6 Å². The van der Waals surface area contributed by atoms with Gasteiger partial charge in [-0.3, -0.25) is 4.79 Å². The van der Waals surface area contributed by atoms with Crippen molar-refractivity contribution in [3.05, 3.63) is 63.6 Å². The van der Waals surface area contributed by atoms with E-state index in [2.05, 4.69) is 18.0 Å². The van der Waals surface area contributed by atoms with Crippen molar-refractivity contribution in [1.29, 1.82) is 5.26 Å². The Balaban J connectivity index is 1.80. The Morgan fingerprint density at radius 1 is 1.28 bits per heavy atom. The van der Waals surface area contributed by atoms with Crippen LogP contribution in [-0.2, 0) is 6.42 Å². The minimum atomic E-state index is -0.694. The van der Waals surface area contributed by atoms with Gasteiger partial charge in [0.05, 0.1) is 28.6 Å². The van der Waals surface area contributed by atoms with Gasteiger partial charge in [-0.15, -0.1) is 0 Å². The molecule has 1 aromatic carbocycles. The molecule has 0 amide bonds. The third kappa shape index (κ3) is 4.01. The molecule has 2 aromatic rings. The van der Waals surface area contributed by atoms with E-state index in [-0.39, 0.29) is 11.6 Å². The molecule has 1 aliphatic heterocycles. The largest absolute Gasteiger partial charge is 0.306 e. The van der Waals surface area contributed by atoms with E-state index in [9.17, 15) is 10.1 Å². The number of halogens is 1. The lowest BCUT2D eigenvalue weighted by molar-refractivity contribution is 0.333. The number of allylic oxidation sites excluding steroid dienone is 4. The fourth-order valence-electron chi connectivity index (χ4n) is 4.33. The molecule has 29 heavy (non-hydrogen) atoms. The van der Waals surface area contributed by atoms with E-state index in [0.717, 1.165) is 43.4 Å². The van der Waals surface area contributed by atoms with Crippen molar-refractivity contribution in [2.24, 2.45) is 5.41 Å². The molecular formula is C23H25ClN4O. The van der Waals surface area contributed by atoms with Crippen molar-refractivity contribution in [2.45, 2.75) is 38.1 Å². The van der Waals surface area contributed by atoms with E-state index in [1.807, 2.05) is 36.4 Å². The summed E-state index contributed by atoms with van der Waals surface area (Å²) >= 11 is 6.07. The second-order valence-electron chi connectivity index (χ2n) is 8.20. The molecule has 6 heteroatoms. The Kier molecular flexibility index (Phi) is 5.58. The van der Waals surface area contributed by atoms with Crippen molar-refractivity contribution < 1.29 is 0 Å². The van der Waals surface area contributed by atoms with E-state index < -0.39 is 5.41 Å². The summed E-state index contributed by atoms with van der Waals surface area (Å²) in [7, 11) is 2.12. The lowest BCUT2D eigenvalue weighted by Gasteiger charge is -2.25. The maximum Gasteiger partial charge on any atom is 0.274 e. The van der Waals surface area contributed by atoms with Crippen molar-refractivity contribution in [3.63, 3.8) is 0 Å². The summed E-state index contributed by atoms with van der Waals surface area (Å²) in [6.07, 6.45) is 9.43. The molecule has 2 atom stereocenters. The highest BCUT2D eigenvalue weighted by atomic mass is 35.5. The molecule has 1 saturated heterocycles. The van der Waals surface area contributed by atoms with Crippen LogP contribution in [0.15, 0.2) is 52.3 Å². The van der Waals surface area contributed by atoms with Crippen molar-refractivity contribution in [3.8, 4) is 6.07 Å². The number of benzene rings is 1. The molecule has 150 valence electrons. The molecule has 0 N–H and O–H groups in total. The Labute approximate surface area is 175 Å². The van der Waals surface area contributed by atoms with Gasteiger partial charge in [0.15, 0.2) is 0 Å². The first-order valence-corrected chi connectivity index (χ1v) is 10.5. The van der Waals surface area contributed by atoms with E-state index in [1.54, 1.807) is 10.8 Å². The van der Waals surface area contributed by atoms with Gasteiger partial charge in [0.1, 0.15) is 0 Å². The Hall–Kier alpha value is -2.42. The van der Waals surface area contributed by atoms with E-state index in [4.69, 9.17) is 16.7 Å². The lowest BCUT2D eigenvalue weighted by Crippen LogP contribution is -2.31. The molecule has 0 bridgehead atoms. The molecule has 2 heterocycles. The first-order chi connectivity index (χ1) is 14.0. The number of nitrogens with zero attached hydrogens (tertiary/aromatic N) is 4. The zero-order valence-corrected chi connectivity index (χ0v) is 17.4. The number of fused-ring (bicyclic) bond motifs is 1. The minimum Gasteiger partial charge on any atom is -0.306 e. The van der Waals surface area contributed by atoms with Crippen molar-refractivity contribution in [1.82, 2.24) is 14.7 Å². The van der Waals surface area contributed by atoms with E-state index >= 15 is 0 Å². The van der Waals surface area contributed by atoms with Crippen LogP contribution in [0.4, 0.5) is 0 Å². The van der Waals surface area contributed by atoms with Gasteiger partial charge in [-0.05, 0) is 58.0 Å². The Morgan fingerprint density at radius 2 is 2.07 bits per heavy atom. The average molecular weight is 409 g/mol. The van der Waals surface area contributed by atoms with E-state index in [0.29, 0.717) is 23.3 Å². The SMILES string of the molecule is CN1CCCC(n2nc(CC3(C#N)C=CC(Cl)=CC3)c3ccccc3c2=O)CC1. The van der Waals surface area contributed by atoms with Gasteiger partial charge < -0.3 is 4.90 Å². The molecule has 0 radical (unpaired) electrons. The van der Waals surface area contributed by atoms with Crippen LogP contribution in [-0.4, -0.2) is 34.8 Å². The second kappa shape index (κ2) is 8.14. The van der Waals surface area contributed by atoms with Crippen LogP contribution in [0.25, 0.3) is 10.8 Å². The maximum absolute atomic E-state index is 13.2. The summed E-state index contributed by atoms with van der Waals surface area (Å²) in [4.78, 5) is 15.5. The van der Waals surface area contributed by atoms with Crippen LogP contribution in [0.1, 0.15) is 37.4 Å². The van der Waals surface area contributed by atoms with Gasteiger partial charge in [-0.2, -0.15) is 10.4 Å². The molecule has 1 fully saturated rings. The summed E-state index contributed by atoms with van der Waals surface area (Å²) in [6, 6.07) is 10.2. The van der Waals surface area contributed by atoms with Crippen molar-refractivity contribution in [2.75, 3.05) is 20.1 Å². The van der Waals surface area contributed by atoms with Gasteiger partial charge in [0, 0.05) is 16.8 Å². The van der Waals surface area contributed by atoms with Crippen LogP contribution in [0, 0.1) is 16.7 Å². The predicted octanol–water partition coefficient (Wildman–Crippen LogP) is 4.19. The third-order valence-corrected chi connectivity index (χ3v) is 6.38. The van der Waals surface area contributed by atoms with Crippen LogP contribution < -0.4 is 5.56 Å². The average Bonchev–Trinajstić information content (AvgIpc) is 2.96. The first kappa shape index (κ1) is 19.9. The molecular weight excluding hydrogens is 384 g/mol. The van der Waals surface area contributed by atoms with Crippen LogP contribution in [0.2, 0.25) is 0 Å². The standard InChI is InChI=1S/C23H25ClN4O/c1-27-13-4-5-18(10-14-27)28-22(29)20-7-3-2-6-19(20)21(26-28)15-23(16-25)11-8-17(24)9-12-23/h2-3,6-9,11,18H,4-5,10,12-15H2,1H3. The number of likely N-dealkylation sites (tertiary alicyclic amines) is 1. The van der Waals surface area contributed by atoms with Gasteiger partial charge in [-0.25, -0.2) is 4.68 Å². The lowest BCUT2D eigenvalue weighted by atomic mass is 9.78. The number of hydrogen-bond donors (Lipinski definition) is 0. The molecule has 2 unspecified atom stereocenters. The number of nitriles is 1. The molecule has 5 nitrogen and oxygen atoms in total. The van der Waals surface area contributed by atoms with E-state index in [1.165, 1.54) is 0 Å². The fourth-order valence-corrected chi connectivity index (χ4v) is 4.47. The summed E-state index contributed by atoms with van der Waals surface area (Å²) in [5, 5.41) is 16.9. The minimum absolute atomic E-state index is 0.0352. The summed E-state index contributed by atoms with van der Waals surface area (Å²) in [5.74, 6) is 0. The fraction of sp³-hybridized carbons (Fsp3) is 0.435. The molecule has 2 aliphatic rings. The predicted molar refractivity (Wildman–Crippen MR) is 116 cm³/mol. The normalized spacial score (nSPS) is 25.4. The third-order valence-electron chi connectivity index (χ3n) is 6.10. The smallest absolute Gasteiger partial charge is 0.274 e. The monoisotopic (exact) mass is 408 g/mol. The molecule has 0 saturated carbocycles. The van der Waals surface area contributed by atoms with Gasteiger partial charge in [-0.1, -0.05) is 42.0 Å². The number of aromatic nitrogens is 2. The van der Waals surface area contributed by atoms with Crippen LogP contribution in [0.3, 0.4) is 0 Å². The molecule has 1 aliphatic carbocycles. The number of hydrogen-bond acceptors (Lipinski definition) is 4. The Bertz CT molecular complexity index is 1080. The second-order valence-corrected chi connectivity index (χ2v) is 8.64. The quantitative estimate of drug-likeness (QED) is 0.763. The highest BCUT2D eigenvalue weighted by Gasteiger charge is 2.31. The summed E-state index contributed by atoms with van der Waals surface area (Å²) in [5.41, 5.74) is 0.0718. The molecule has 1 aromatic heterocycles. The maximum atomic E-state index is 13.2. The topological polar surface area (TPSA) is 61.9 Å². The molecule has 4 rings (SSSR count). The highest BCUT2D eigenvalue weighted by Crippen LogP contribution is 2.35. The zero-order chi connectivity index (χ0) is 20.4. The van der Waals surface area contributed by atoms with Crippen molar-refractivity contribution >= 4 is 22.4 Å². The van der Waals surface area contributed by atoms with Gasteiger partial charge >= 0.3 is 0 Å². The summed E-state index contributed by atoms with van der Waals surface area (Å²) in [6.45, 7) is 2.00. The Morgan fingerprint density at radius 3 is 2.79 bits per heavy atom. The zero-order valence-electron chi connectivity index (χ0n) is 16.6. The first-order valence-electron chi connectivity index (χ1n) is 10.2. The van der Waals surface area contributed by atoms with Gasteiger partial charge in [0.25, 0.3) is 5.56 Å². The van der Waals surface area contributed by atoms with Gasteiger partial charge in [0.2, 0.25) is 0 Å². The summed E-state index contributed by atoms with van der Waals surface area (Å²) < 4.78 is 1.69. The van der Waals surface area contributed by atoms with Crippen LogP contribution in [0.5, 0.6) is 0 Å². The highest BCUT2D eigenvalue weighted by molar-refractivity contribution is 6.31. The number of rotatable bonds is 3.